The number of aryl methyl sites for hydroxylation is 1. The van der Waals surface area contributed by atoms with Gasteiger partial charge in [-0.25, -0.2) is 8.78 Å². The van der Waals surface area contributed by atoms with Crippen molar-refractivity contribution in [2.24, 2.45) is 5.84 Å². The first-order chi connectivity index (χ1) is 9.54. The van der Waals surface area contributed by atoms with Crippen molar-refractivity contribution in [3.05, 3.63) is 69.2 Å². The minimum Gasteiger partial charge on any atom is -0.271 e. The summed E-state index contributed by atoms with van der Waals surface area (Å²) in [5.41, 5.74) is 4.57. The van der Waals surface area contributed by atoms with Crippen molar-refractivity contribution < 1.29 is 8.78 Å². The summed E-state index contributed by atoms with van der Waals surface area (Å²) in [5.74, 6) is 4.43. The van der Waals surface area contributed by atoms with Gasteiger partial charge in [-0.3, -0.25) is 11.3 Å². The van der Waals surface area contributed by atoms with Crippen LogP contribution in [0.3, 0.4) is 0 Å². The normalized spacial score (nSPS) is 12.4. The molecule has 0 saturated carbocycles. The number of hydrazine groups is 1. The molecule has 106 valence electrons. The molecule has 0 bridgehead atoms. The Hall–Kier alpha value is -1.30. The zero-order valence-corrected chi connectivity index (χ0v) is 12.5. The molecule has 0 saturated heterocycles. The van der Waals surface area contributed by atoms with E-state index in [0.29, 0.717) is 0 Å². The second-order valence-corrected chi connectivity index (χ2v) is 5.39. The molecule has 0 spiro atoms. The summed E-state index contributed by atoms with van der Waals surface area (Å²) in [6.45, 7) is 1.95. The van der Waals surface area contributed by atoms with Gasteiger partial charge in [0.1, 0.15) is 11.6 Å². The molecule has 2 aromatic carbocycles. The maximum Gasteiger partial charge on any atom is 0.129 e. The van der Waals surface area contributed by atoms with E-state index in [0.717, 1.165) is 15.6 Å². The molecule has 2 nitrogen and oxygen atoms in total. The van der Waals surface area contributed by atoms with Crippen LogP contribution in [0.25, 0.3) is 0 Å². The Labute approximate surface area is 125 Å². The van der Waals surface area contributed by atoms with Gasteiger partial charge in [0, 0.05) is 10.0 Å². The Balaban J connectivity index is 2.37. The van der Waals surface area contributed by atoms with E-state index in [9.17, 15) is 8.78 Å². The predicted molar refractivity (Wildman–Crippen MR) is 79.0 cm³/mol. The minimum atomic E-state index is -0.561. The van der Waals surface area contributed by atoms with Gasteiger partial charge in [0.15, 0.2) is 0 Å². The van der Waals surface area contributed by atoms with E-state index in [1.54, 1.807) is 0 Å². The fourth-order valence-corrected chi connectivity index (χ4v) is 2.67. The molecule has 0 heterocycles. The van der Waals surface area contributed by atoms with Gasteiger partial charge in [-0.15, -0.1) is 0 Å². The zero-order valence-electron chi connectivity index (χ0n) is 11.0. The summed E-state index contributed by atoms with van der Waals surface area (Å²) in [4.78, 5) is 0. The molecule has 0 aliphatic heterocycles. The Morgan fingerprint density at radius 3 is 2.35 bits per heavy atom. The number of hydrogen-bond acceptors (Lipinski definition) is 2. The van der Waals surface area contributed by atoms with Crippen molar-refractivity contribution in [2.75, 3.05) is 0 Å². The van der Waals surface area contributed by atoms with Crippen LogP contribution < -0.4 is 11.3 Å². The molecule has 0 aromatic heterocycles. The summed E-state index contributed by atoms with van der Waals surface area (Å²) in [6.07, 6.45) is 0.136. The van der Waals surface area contributed by atoms with Crippen molar-refractivity contribution in [1.82, 2.24) is 5.43 Å². The number of nitrogens with two attached hydrogens (primary N) is 1. The lowest BCUT2D eigenvalue weighted by molar-refractivity contribution is 0.499. The third-order valence-corrected chi connectivity index (χ3v) is 4.35. The van der Waals surface area contributed by atoms with Gasteiger partial charge in [0.2, 0.25) is 0 Å². The Morgan fingerprint density at radius 1 is 1.15 bits per heavy atom. The SMILES string of the molecule is Cc1cccc(C(Cc2c(F)cccc2F)NN)c1Br. The molecule has 5 heteroatoms. The fraction of sp³-hybridized carbons (Fsp3) is 0.200. The van der Waals surface area contributed by atoms with Gasteiger partial charge >= 0.3 is 0 Å². The van der Waals surface area contributed by atoms with Crippen molar-refractivity contribution in [3.63, 3.8) is 0 Å². The molecular formula is C15H15BrF2N2. The van der Waals surface area contributed by atoms with Gasteiger partial charge in [-0.2, -0.15) is 0 Å². The Morgan fingerprint density at radius 2 is 1.75 bits per heavy atom. The maximum absolute atomic E-state index is 13.7. The number of benzene rings is 2. The molecule has 0 aliphatic carbocycles. The summed E-state index contributed by atoms with van der Waals surface area (Å²) in [7, 11) is 0. The standard InChI is InChI=1S/C15H15BrF2N2/c1-9-4-2-5-10(15(9)16)14(20-19)8-11-12(17)6-3-7-13(11)18/h2-7,14,20H,8,19H2,1H3. The largest absolute Gasteiger partial charge is 0.271 e. The van der Waals surface area contributed by atoms with E-state index in [-0.39, 0.29) is 18.0 Å². The highest BCUT2D eigenvalue weighted by molar-refractivity contribution is 9.10. The molecule has 1 atom stereocenters. The highest BCUT2D eigenvalue weighted by Gasteiger charge is 2.18. The molecule has 20 heavy (non-hydrogen) atoms. The lowest BCUT2D eigenvalue weighted by Gasteiger charge is -2.19. The van der Waals surface area contributed by atoms with Crippen LogP contribution in [0.5, 0.6) is 0 Å². The molecule has 0 fully saturated rings. The third-order valence-electron chi connectivity index (χ3n) is 3.27. The monoisotopic (exact) mass is 340 g/mol. The van der Waals surface area contributed by atoms with Gasteiger partial charge in [-0.05, 0) is 36.6 Å². The molecule has 0 aliphatic rings. The summed E-state index contributed by atoms with van der Waals surface area (Å²) in [6, 6.07) is 9.18. The number of nitrogens with one attached hydrogen (secondary N) is 1. The molecule has 0 radical (unpaired) electrons. The fourth-order valence-electron chi connectivity index (χ4n) is 2.13. The molecule has 3 N–H and O–H groups in total. The van der Waals surface area contributed by atoms with Crippen LogP contribution >= 0.6 is 15.9 Å². The van der Waals surface area contributed by atoms with Crippen LogP contribution in [-0.2, 0) is 6.42 Å². The van der Waals surface area contributed by atoms with Crippen molar-refractivity contribution in [3.8, 4) is 0 Å². The van der Waals surface area contributed by atoms with E-state index < -0.39 is 11.6 Å². The molecule has 0 amide bonds. The maximum atomic E-state index is 13.7. The lowest BCUT2D eigenvalue weighted by atomic mass is 9.97. The average molecular weight is 341 g/mol. The third kappa shape index (κ3) is 3.06. The van der Waals surface area contributed by atoms with Gasteiger partial charge in [-0.1, -0.05) is 40.2 Å². The smallest absolute Gasteiger partial charge is 0.129 e. The topological polar surface area (TPSA) is 38.0 Å². The quantitative estimate of drug-likeness (QED) is 0.656. The van der Waals surface area contributed by atoms with Crippen LogP contribution in [0.1, 0.15) is 22.7 Å². The molecule has 1 unspecified atom stereocenters. The number of rotatable bonds is 4. The summed E-state index contributed by atoms with van der Waals surface area (Å²) < 4.78 is 28.3. The van der Waals surface area contributed by atoms with E-state index in [1.165, 1.54) is 18.2 Å². The van der Waals surface area contributed by atoms with Crippen LogP contribution in [0.15, 0.2) is 40.9 Å². The van der Waals surface area contributed by atoms with E-state index in [2.05, 4.69) is 21.4 Å². The van der Waals surface area contributed by atoms with Crippen molar-refractivity contribution in [2.45, 2.75) is 19.4 Å². The summed E-state index contributed by atoms with van der Waals surface area (Å²) in [5, 5.41) is 0. The Bertz CT molecular complexity index is 597. The highest BCUT2D eigenvalue weighted by atomic mass is 79.9. The van der Waals surface area contributed by atoms with E-state index in [4.69, 9.17) is 5.84 Å². The van der Waals surface area contributed by atoms with Crippen molar-refractivity contribution >= 4 is 15.9 Å². The predicted octanol–water partition coefficient (Wildman–Crippen LogP) is 3.78. The molecule has 2 aromatic rings. The number of halogens is 3. The average Bonchev–Trinajstić information content (AvgIpc) is 2.42. The first-order valence-corrected chi connectivity index (χ1v) is 6.98. The van der Waals surface area contributed by atoms with Crippen molar-refractivity contribution in [1.29, 1.82) is 0 Å². The second-order valence-electron chi connectivity index (χ2n) is 4.60. The summed E-state index contributed by atoms with van der Waals surface area (Å²) >= 11 is 3.49. The van der Waals surface area contributed by atoms with Crippen LogP contribution in [-0.4, -0.2) is 0 Å². The highest BCUT2D eigenvalue weighted by Crippen LogP contribution is 2.29. The van der Waals surface area contributed by atoms with Crippen LogP contribution in [0.4, 0.5) is 8.78 Å². The van der Waals surface area contributed by atoms with E-state index in [1.807, 2.05) is 25.1 Å². The van der Waals surface area contributed by atoms with Gasteiger partial charge in [0.25, 0.3) is 0 Å². The first kappa shape index (κ1) is 15.1. The van der Waals surface area contributed by atoms with Gasteiger partial charge < -0.3 is 0 Å². The molecular weight excluding hydrogens is 326 g/mol. The first-order valence-electron chi connectivity index (χ1n) is 6.18. The van der Waals surface area contributed by atoms with Crippen LogP contribution in [0.2, 0.25) is 0 Å². The Kier molecular flexibility index (Phi) is 4.86. The minimum absolute atomic E-state index is 0.0313. The van der Waals surface area contributed by atoms with Crippen LogP contribution in [0, 0.1) is 18.6 Å². The van der Waals surface area contributed by atoms with Gasteiger partial charge in [0.05, 0.1) is 6.04 Å². The van der Waals surface area contributed by atoms with E-state index >= 15 is 0 Å². The molecule has 2 rings (SSSR count). The number of hydrogen-bond donors (Lipinski definition) is 2. The lowest BCUT2D eigenvalue weighted by Crippen LogP contribution is -2.30. The zero-order chi connectivity index (χ0) is 14.7. The second kappa shape index (κ2) is 6.43.